The lowest BCUT2D eigenvalue weighted by Gasteiger charge is -2.32. The quantitative estimate of drug-likeness (QED) is 0.775. The molecule has 0 radical (unpaired) electrons. The molecule has 0 bridgehead atoms. The van der Waals surface area contributed by atoms with Crippen LogP contribution >= 0.6 is 0 Å². The Morgan fingerprint density at radius 1 is 1.10 bits per heavy atom. The summed E-state index contributed by atoms with van der Waals surface area (Å²) in [5.41, 5.74) is 0. The van der Waals surface area contributed by atoms with Crippen molar-refractivity contribution in [2.75, 3.05) is 6.54 Å². The van der Waals surface area contributed by atoms with E-state index in [0.29, 0.717) is 29.6 Å². The Labute approximate surface area is 125 Å². The predicted octanol–water partition coefficient (Wildman–Crippen LogP) is 3.50. The Morgan fingerprint density at radius 3 is 2.05 bits per heavy atom. The minimum absolute atomic E-state index is 0.0277. The van der Waals surface area contributed by atoms with Crippen LogP contribution in [0.3, 0.4) is 0 Å². The maximum absolute atomic E-state index is 12.7. The van der Waals surface area contributed by atoms with Crippen LogP contribution in [0, 0.1) is 23.7 Å². The summed E-state index contributed by atoms with van der Waals surface area (Å²) >= 11 is 0. The Morgan fingerprint density at radius 2 is 1.65 bits per heavy atom. The van der Waals surface area contributed by atoms with Crippen LogP contribution in [0.2, 0.25) is 0 Å². The number of hydrogen-bond donors (Lipinski definition) is 1. The SMILES string of the molecule is CCC1NC(CC(C)C)C(=O)N1CC(C(C)C)C(C)C. The predicted molar refractivity (Wildman–Crippen MR) is 85.3 cm³/mol. The summed E-state index contributed by atoms with van der Waals surface area (Å²) in [6.07, 6.45) is 2.16. The first-order chi connectivity index (χ1) is 9.27. The van der Waals surface area contributed by atoms with Gasteiger partial charge in [0, 0.05) is 6.54 Å². The molecule has 0 aromatic carbocycles. The fraction of sp³-hybridized carbons (Fsp3) is 0.941. The van der Waals surface area contributed by atoms with Gasteiger partial charge >= 0.3 is 0 Å². The molecule has 20 heavy (non-hydrogen) atoms. The highest BCUT2D eigenvalue weighted by molar-refractivity contribution is 5.84. The minimum atomic E-state index is 0.0277. The highest BCUT2D eigenvalue weighted by Crippen LogP contribution is 2.26. The summed E-state index contributed by atoms with van der Waals surface area (Å²) in [5.74, 6) is 2.68. The maximum atomic E-state index is 12.7. The molecule has 1 aliphatic heterocycles. The van der Waals surface area contributed by atoms with Crippen molar-refractivity contribution in [1.29, 1.82) is 0 Å². The summed E-state index contributed by atoms with van der Waals surface area (Å²) in [6, 6.07) is 0.0277. The van der Waals surface area contributed by atoms with Gasteiger partial charge in [-0.05, 0) is 36.5 Å². The maximum Gasteiger partial charge on any atom is 0.241 e. The average molecular weight is 282 g/mol. The molecule has 1 aliphatic rings. The summed E-state index contributed by atoms with van der Waals surface area (Å²) in [6.45, 7) is 16.5. The van der Waals surface area contributed by atoms with Crippen LogP contribution in [-0.4, -0.2) is 29.6 Å². The van der Waals surface area contributed by atoms with Gasteiger partial charge in [0.15, 0.2) is 0 Å². The molecule has 0 saturated carbocycles. The van der Waals surface area contributed by atoms with Crippen LogP contribution in [0.15, 0.2) is 0 Å². The topological polar surface area (TPSA) is 32.3 Å². The molecule has 1 heterocycles. The molecule has 1 amide bonds. The van der Waals surface area contributed by atoms with Crippen LogP contribution in [-0.2, 0) is 4.79 Å². The Kier molecular flexibility index (Phi) is 6.50. The zero-order valence-electron chi connectivity index (χ0n) is 14.4. The molecule has 1 N–H and O–H groups in total. The third-order valence-corrected chi connectivity index (χ3v) is 4.56. The first kappa shape index (κ1) is 17.5. The second-order valence-electron chi connectivity index (χ2n) is 7.42. The third kappa shape index (κ3) is 4.21. The first-order valence-corrected chi connectivity index (χ1v) is 8.34. The van der Waals surface area contributed by atoms with E-state index in [9.17, 15) is 4.79 Å². The van der Waals surface area contributed by atoms with E-state index in [2.05, 4.69) is 58.7 Å². The van der Waals surface area contributed by atoms with Crippen molar-refractivity contribution in [3.05, 3.63) is 0 Å². The van der Waals surface area contributed by atoms with Gasteiger partial charge in [0.25, 0.3) is 0 Å². The Hall–Kier alpha value is -0.570. The van der Waals surface area contributed by atoms with Crippen LogP contribution < -0.4 is 5.32 Å². The number of carbonyl (C=O) groups is 1. The highest BCUT2D eigenvalue weighted by atomic mass is 16.2. The molecule has 0 aromatic rings. The fourth-order valence-electron chi connectivity index (χ4n) is 3.36. The number of carbonyl (C=O) groups excluding carboxylic acids is 1. The Bertz CT molecular complexity index is 304. The molecule has 1 fully saturated rings. The van der Waals surface area contributed by atoms with E-state index in [1.54, 1.807) is 0 Å². The first-order valence-electron chi connectivity index (χ1n) is 8.34. The van der Waals surface area contributed by atoms with Crippen molar-refractivity contribution in [3.63, 3.8) is 0 Å². The zero-order chi connectivity index (χ0) is 15.4. The van der Waals surface area contributed by atoms with Crippen LogP contribution in [0.5, 0.6) is 0 Å². The normalized spacial score (nSPS) is 23.9. The van der Waals surface area contributed by atoms with Gasteiger partial charge in [-0.25, -0.2) is 0 Å². The van der Waals surface area contributed by atoms with Crippen molar-refractivity contribution in [1.82, 2.24) is 10.2 Å². The second kappa shape index (κ2) is 7.44. The number of hydrogen-bond acceptors (Lipinski definition) is 2. The summed E-state index contributed by atoms with van der Waals surface area (Å²) < 4.78 is 0. The lowest BCUT2D eigenvalue weighted by atomic mass is 9.85. The van der Waals surface area contributed by atoms with E-state index in [1.165, 1.54) is 0 Å². The van der Waals surface area contributed by atoms with Crippen LogP contribution in [0.25, 0.3) is 0 Å². The number of nitrogens with one attached hydrogen (secondary N) is 1. The van der Waals surface area contributed by atoms with E-state index in [-0.39, 0.29) is 12.2 Å². The third-order valence-electron chi connectivity index (χ3n) is 4.56. The molecule has 1 saturated heterocycles. The summed E-state index contributed by atoms with van der Waals surface area (Å²) in [4.78, 5) is 14.8. The molecule has 0 aliphatic carbocycles. The van der Waals surface area contributed by atoms with Gasteiger partial charge < -0.3 is 4.90 Å². The van der Waals surface area contributed by atoms with Gasteiger partial charge in [-0.15, -0.1) is 0 Å². The number of nitrogens with zero attached hydrogens (tertiary/aromatic N) is 1. The standard InChI is InChI=1S/C17H34N2O/c1-8-16-18-15(9-11(2)3)17(20)19(16)10-14(12(4)5)13(6)7/h11-16,18H,8-10H2,1-7H3. The van der Waals surface area contributed by atoms with E-state index in [4.69, 9.17) is 0 Å². The van der Waals surface area contributed by atoms with Crippen molar-refractivity contribution in [2.45, 2.75) is 73.5 Å². The van der Waals surface area contributed by atoms with Gasteiger partial charge in [-0.3, -0.25) is 10.1 Å². The van der Waals surface area contributed by atoms with Crippen molar-refractivity contribution >= 4 is 5.91 Å². The zero-order valence-corrected chi connectivity index (χ0v) is 14.4. The molecule has 0 spiro atoms. The lowest BCUT2D eigenvalue weighted by Crippen LogP contribution is -2.42. The van der Waals surface area contributed by atoms with Gasteiger partial charge in [0.2, 0.25) is 5.91 Å². The molecule has 3 heteroatoms. The molecule has 0 aromatic heterocycles. The van der Waals surface area contributed by atoms with Gasteiger partial charge in [-0.2, -0.15) is 0 Å². The lowest BCUT2D eigenvalue weighted by molar-refractivity contribution is -0.131. The second-order valence-corrected chi connectivity index (χ2v) is 7.42. The smallest absolute Gasteiger partial charge is 0.241 e. The van der Waals surface area contributed by atoms with E-state index in [1.807, 2.05) is 0 Å². The molecular formula is C17H34N2O. The van der Waals surface area contributed by atoms with E-state index >= 15 is 0 Å². The van der Waals surface area contributed by atoms with Crippen LogP contribution in [0.4, 0.5) is 0 Å². The minimum Gasteiger partial charge on any atom is -0.326 e. The number of rotatable bonds is 7. The average Bonchev–Trinajstić information content (AvgIpc) is 2.61. The highest BCUT2D eigenvalue weighted by Gasteiger charge is 2.39. The molecule has 118 valence electrons. The molecule has 2 unspecified atom stereocenters. The van der Waals surface area contributed by atoms with Crippen molar-refractivity contribution in [2.24, 2.45) is 23.7 Å². The molecular weight excluding hydrogens is 248 g/mol. The molecule has 3 nitrogen and oxygen atoms in total. The van der Waals surface area contributed by atoms with Crippen molar-refractivity contribution in [3.8, 4) is 0 Å². The largest absolute Gasteiger partial charge is 0.326 e. The molecule has 1 rings (SSSR count). The van der Waals surface area contributed by atoms with Crippen LogP contribution in [0.1, 0.15) is 61.3 Å². The fourth-order valence-corrected chi connectivity index (χ4v) is 3.36. The van der Waals surface area contributed by atoms with Gasteiger partial charge in [-0.1, -0.05) is 48.5 Å². The van der Waals surface area contributed by atoms with E-state index < -0.39 is 0 Å². The van der Waals surface area contributed by atoms with Gasteiger partial charge in [0.05, 0.1) is 12.2 Å². The number of amides is 1. The molecule has 2 atom stereocenters. The monoisotopic (exact) mass is 282 g/mol. The summed E-state index contributed by atoms with van der Waals surface area (Å²) in [5, 5.41) is 3.53. The van der Waals surface area contributed by atoms with E-state index in [0.717, 1.165) is 19.4 Å². The van der Waals surface area contributed by atoms with Crippen molar-refractivity contribution < 1.29 is 4.79 Å². The van der Waals surface area contributed by atoms with Gasteiger partial charge in [0.1, 0.15) is 0 Å². The summed E-state index contributed by atoms with van der Waals surface area (Å²) in [7, 11) is 0. The Balaban J connectivity index is 2.78.